The van der Waals surface area contributed by atoms with Crippen molar-refractivity contribution in [3.8, 4) is 0 Å². The Morgan fingerprint density at radius 1 is 1.35 bits per heavy atom. The van der Waals surface area contributed by atoms with E-state index in [4.69, 9.17) is 16.7 Å². The molecule has 0 saturated heterocycles. The molecule has 0 aliphatic heterocycles. The van der Waals surface area contributed by atoms with Gasteiger partial charge in [0.1, 0.15) is 0 Å². The Hall–Kier alpha value is -1.55. The molecular formula is C15H19ClN2O2. The van der Waals surface area contributed by atoms with Crippen LogP contribution < -0.4 is 5.43 Å². The zero-order valence-corrected chi connectivity index (χ0v) is 12.3. The Morgan fingerprint density at radius 2 is 2.05 bits per heavy atom. The molecule has 1 aliphatic rings. The quantitative estimate of drug-likeness (QED) is 0.639. The van der Waals surface area contributed by atoms with E-state index in [9.17, 15) is 4.79 Å². The first-order valence-electron chi connectivity index (χ1n) is 6.91. The first-order valence-corrected chi connectivity index (χ1v) is 7.29. The number of halogens is 1. The minimum Gasteiger partial charge on any atom is -0.478 e. The maximum absolute atomic E-state index is 10.9. The smallest absolute Gasteiger partial charge is 0.335 e. The minimum atomic E-state index is -0.974. The van der Waals surface area contributed by atoms with Crippen LogP contribution in [0, 0.1) is 5.92 Å². The van der Waals surface area contributed by atoms with Crippen molar-refractivity contribution < 1.29 is 9.90 Å². The number of anilines is 1. The molecule has 0 atom stereocenters. The molecule has 5 heteroatoms. The molecule has 0 unspecified atom stereocenters. The molecule has 1 aromatic carbocycles. The van der Waals surface area contributed by atoms with Gasteiger partial charge >= 0.3 is 5.97 Å². The maximum atomic E-state index is 10.9. The summed E-state index contributed by atoms with van der Waals surface area (Å²) in [4.78, 5) is 10.9. The van der Waals surface area contributed by atoms with Gasteiger partial charge in [0, 0.05) is 5.71 Å². The van der Waals surface area contributed by atoms with E-state index >= 15 is 0 Å². The molecule has 0 amide bonds. The molecule has 1 aromatic rings. The van der Waals surface area contributed by atoms with Crippen LogP contribution in [0.2, 0.25) is 5.02 Å². The third-order valence-electron chi connectivity index (χ3n) is 3.76. The van der Waals surface area contributed by atoms with Gasteiger partial charge in [-0.15, -0.1) is 0 Å². The standard InChI is InChI=1S/C15H19ClN2O2/c1-10(11-5-3-2-4-6-11)17-18-14-9-12(15(19)20)7-8-13(14)16/h7-9,11,18H,2-6H2,1H3,(H,19,20)/b17-10-. The number of hydrazone groups is 1. The third kappa shape index (κ3) is 3.73. The number of aromatic carboxylic acids is 1. The molecule has 0 heterocycles. The van der Waals surface area contributed by atoms with Crippen LogP contribution in [0.4, 0.5) is 5.69 Å². The number of nitrogens with zero attached hydrogens (tertiary/aromatic N) is 1. The van der Waals surface area contributed by atoms with Gasteiger partial charge in [-0.3, -0.25) is 5.43 Å². The molecule has 0 aromatic heterocycles. The molecule has 0 radical (unpaired) electrons. The number of hydrogen-bond acceptors (Lipinski definition) is 3. The van der Waals surface area contributed by atoms with E-state index in [1.807, 2.05) is 6.92 Å². The number of carbonyl (C=O) groups is 1. The lowest BCUT2D eigenvalue weighted by Crippen LogP contribution is -2.16. The monoisotopic (exact) mass is 294 g/mol. The van der Waals surface area contributed by atoms with Crippen molar-refractivity contribution in [1.29, 1.82) is 0 Å². The highest BCUT2D eigenvalue weighted by atomic mass is 35.5. The zero-order chi connectivity index (χ0) is 14.5. The summed E-state index contributed by atoms with van der Waals surface area (Å²) in [7, 11) is 0. The van der Waals surface area contributed by atoms with Crippen molar-refractivity contribution in [2.24, 2.45) is 11.0 Å². The number of carboxylic acid groups (broad SMARTS) is 1. The fourth-order valence-electron chi connectivity index (χ4n) is 2.50. The molecule has 0 spiro atoms. The number of nitrogens with one attached hydrogen (secondary N) is 1. The van der Waals surface area contributed by atoms with Crippen molar-refractivity contribution in [3.63, 3.8) is 0 Å². The van der Waals surface area contributed by atoms with E-state index < -0.39 is 5.97 Å². The van der Waals surface area contributed by atoms with Gasteiger partial charge < -0.3 is 5.11 Å². The molecule has 1 saturated carbocycles. The lowest BCUT2D eigenvalue weighted by atomic mass is 9.86. The fourth-order valence-corrected chi connectivity index (χ4v) is 2.66. The summed E-state index contributed by atoms with van der Waals surface area (Å²) < 4.78 is 0. The number of carboxylic acids is 1. The van der Waals surface area contributed by atoms with E-state index in [-0.39, 0.29) is 5.56 Å². The molecule has 108 valence electrons. The van der Waals surface area contributed by atoms with E-state index in [1.54, 1.807) is 6.07 Å². The Bertz CT molecular complexity index is 523. The van der Waals surface area contributed by atoms with Crippen LogP contribution in [0.25, 0.3) is 0 Å². The third-order valence-corrected chi connectivity index (χ3v) is 4.09. The molecule has 2 N–H and O–H groups in total. The zero-order valence-electron chi connectivity index (χ0n) is 11.5. The SMILES string of the molecule is C/C(=N/Nc1cc(C(=O)O)ccc1Cl)C1CCCCC1. The van der Waals surface area contributed by atoms with Gasteiger partial charge in [-0.1, -0.05) is 30.9 Å². The summed E-state index contributed by atoms with van der Waals surface area (Å²) >= 11 is 6.05. The van der Waals surface area contributed by atoms with Crippen LogP contribution in [-0.2, 0) is 0 Å². The number of rotatable bonds is 4. The predicted molar refractivity (Wildman–Crippen MR) is 81.7 cm³/mol. The lowest BCUT2D eigenvalue weighted by Gasteiger charge is -2.21. The second-order valence-corrected chi connectivity index (χ2v) is 5.61. The summed E-state index contributed by atoms with van der Waals surface area (Å²) in [6.45, 7) is 2.01. The summed E-state index contributed by atoms with van der Waals surface area (Å²) in [5.41, 5.74) is 4.68. The number of hydrogen-bond donors (Lipinski definition) is 2. The van der Waals surface area contributed by atoms with Gasteiger partial charge in [0.05, 0.1) is 16.3 Å². The highest BCUT2D eigenvalue weighted by Crippen LogP contribution is 2.26. The molecular weight excluding hydrogens is 276 g/mol. The van der Waals surface area contributed by atoms with E-state index in [2.05, 4.69) is 10.5 Å². The van der Waals surface area contributed by atoms with Crippen molar-refractivity contribution in [2.45, 2.75) is 39.0 Å². The van der Waals surface area contributed by atoms with Crippen molar-refractivity contribution in [1.82, 2.24) is 0 Å². The summed E-state index contributed by atoms with van der Waals surface area (Å²) in [6, 6.07) is 4.55. The average molecular weight is 295 g/mol. The Balaban J connectivity index is 2.09. The van der Waals surface area contributed by atoms with Gasteiger partial charge in [0.2, 0.25) is 0 Å². The minimum absolute atomic E-state index is 0.197. The molecule has 4 nitrogen and oxygen atoms in total. The van der Waals surface area contributed by atoms with E-state index in [0.717, 1.165) is 5.71 Å². The van der Waals surface area contributed by atoms with Crippen LogP contribution >= 0.6 is 11.6 Å². The Morgan fingerprint density at radius 3 is 2.70 bits per heavy atom. The molecule has 1 aliphatic carbocycles. The van der Waals surface area contributed by atoms with E-state index in [0.29, 0.717) is 16.6 Å². The summed E-state index contributed by atoms with van der Waals surface area (Å²) in [5, 5.41) is 13.8. The normalized spacial score (nSPS) is 17.0. The van der Waals surface area contributed by atoms with Gasteiger partial charge in [0.25, 0.3) is 0 Å². The number of benzene rings is 1. The topological polar surface area (TPSA) is 61.7 Å². The maximum Gasteiger partial charge on any atom is 0.335 e. The van der Waals surface area contributed by atoms with Crippen LogP contribution in [0.5, 0.6) is 0 Å². The second kappa shape index (κ2) is 6.75. The van der Waals surface area contributed by atoms with Gasteiger partial charge in [-0.2, -0.15) is 5.10 Å². The molecule has 1 fully saturated rings. The predicted octanol–water partition coefficient (Wildman–Crippen LogP) is 4.41. The molecule has 20 heavy (non-hydrogen) atoms. The summed E-state index contributed by atoms with van der Waals surface area (Å²) in [5.74, 6) is -0.449. The first-order chi connectivity index (χ1) is 9.58. The largest absolute Gasteiger partial charge is 0.478 e. The average Bonchev–Trinajstić information content (AvgIpc) is 2.46. The molecule has 2 rings (SSSR count). The van der Waals surface area contributed by atoms with Crippen LogP contribution in [-0.4, -0.2) is 16.8 Å². The van der Waals surface area contributed by atoms with Gasteiger partial charge in [-0.05, 0) is 43.9 Å². The van der Waals surface area contributed by atoms with Crippen LogP contribution in [0.1, 0.15) is 49.4 Å². The van der Waals surface area contributed by atoms with Gasteiger partial charge in [0.15, 0.2) is 0 Å². The Kier molecular flexibility index (Phi) is 5.01. The highest BCUT2D eigenvalue weighted by Gasteiger charge is 2.16. The first kappa shape index (κ1) is 14.9. The Labute approximate surface area is 123 Å². The van der Waals surface area contributed by atoms with Gasteiger partial charge in [-0.25, -0.2) is 4.79 Å². The fraction of sp³-hybridized carbons (Fsp3) is 0.467. The van der Waals surface area contributed by atoms with Crippen molar-refractivity contribution >= 4 is 29.0 Å². The van der Waals surface area contributed by atoms with Crippen LogP contribution in [0.3, 0.4) is 0 Å². The van der Waals surface area contributed by atoms with Crippen molar-refractivity contribution in [3.05, 3.63) is 28.8 Å². The van der Waals surface area contributed by atoms with Crippen LogP contribution in [0.15, 0.2) is 23.3 Å². The van der Waals surface area contributed by atoms with Crippen molar-refractivity contribution in [2.75, 3.05) is 5.43 Å². The van der Waals surface area contributed by atoms with E-state index in [1.165, 1.54) is 44.2 Å². The highest BCUT2D eigenvalue weighted by molar-refractivity contribution is 6.33. The summed E-state index contributed by atoms with van der Waals surface area (Å²) in [6.07, 6.45) is 6.18. The molecule has 0 bridgehead atoms. The second-order valence-electron chi connectivity index (χ2n) is 5.20. The lowest BCUT2D eigenvalue weighted by molar-refractivity contribution is 0.0697.